The van der Waals surface area contributed by atoms with Crippen LogP contribution in [0.15, 0.2) is 36.7 Å². The van der Waals surface area contributed by atoms with Crippen LogP contribution >= 0.6 is 0 Å². The van der Waals surface area contributed by atoms with Crippen LogP contribution in [0, 0.1) is 11.8 Å². The minimum absolute atomic E-state index is 0.0625. The molecule has 2 saturated heterocycles. The Morgan fingerprint density at radius 3 is 2.59 bits per heavy atom. The lowest BCUT2D eigenvalue weighted by molar-refractivity contribution is -0.131. The van der Waals surface area contributed by atoms with Crippen molar-refractivity contribution in [3.8, 4) is 23.3 Å². The van der Waals surface area contributed by atoms with Gasteiger partial charge in [0.1, 0.15) is 35.5 Å². The first-order valence-electron chi connectivity index (χ1n) is 12.0. The Kier molecular flexibility index (Phi) is 6.92. The van der Waals surface area contributed by atoms with E-state index in [0.717, 1.165) is 6.54 Å². The van der Waals surface area contributed by atoms with E-state index in [1.807, 2.05) is 4.90 Å². The highest BCUT2D eigenvalue weighted by atomic mass is 19.1. The van der Waals surface area contributed by atoms with Gasteiger partial charge < -0.3 is 20.1 Å². The van der Waals surface area contributed by atoms with Crippen LogP contribution < -0.4 is 15.2 Å². The van der Waals surface area contributed by atoms with Crippen LogP contribution in [0.2, 0.25) is 0 Å². The number of alkyl halides is 1. The standard InChI is InChI=1S/C26H28FN7O3/c1-36-20-10-17(11-21(12-20)37-2)5-6-22-24-25(28)29-16-30-26(24)34(31-22)19-14-33(15-19)23(35)4-3-8-32-9-7-18(27)13-32/h3-4,10-12,16,18-19H,7-9,13-15H2,1-2H3,(H2,28,29,30)/t18-/m0/s1. The smallest absolute Gasteiger partial charge is 0.246 e. The number of amides is 1. The summed E-state index contributed by atoms with van der Waals surface area (Å²) in [4.78, 5) is 24.8. The lowest BCUT2D eigenvalue weighted by Gasteiger charge is -2.38. The SMILES string of the molecule is COc1cc(C#Cc2nn(C3CN(C(=O)C=CCN4CC[C@H](F)C4)C3)c3ncnc(N)c23)cc(OC)c1. The number of methoxy groups -OCH3 is 2. The number of rotatable bonds is 6. The van der Waals surface area contributed by atoms with Gasteiger partial charge >= 0.3 is 0 Å². The molecular weight excluding hydrogens is 477 g/mol. The number of hydrogen-bond donors (Lipinski definition) is 1. The molecule has 0 aliphatic carbocycles. The summed E-state index contributed by atoms with van der Waals surface area (Å²) in [7, 11) is 3.16. The quantitative estimate of drug-likeness (QED) is 0.399. The molecule has 5 rings (SSSR count). The summed E-state index contributed by atoms with van der Waals surface area (Å²) in [6.07, 6.45) is 4.54. The Bertz CT molecular complexity index is 1380. The molecule has 0 unspecified atom stereocenters. The van der Waals surface area contributed by atoms with Crippen molar-refractivity contribution in [2.45, 2.75) is 18.6 Å². The number of aromatic nitrogens is 4. The average Bonchev–Trinajstić information content (AvgIpc) is 3.45. The molecule has 2 fully saturated rings. The molecule has 0 radical (unpaired) electrons. The molecule has 3 aromatic rings. The number of halogens is 1. The highest BCUT2D eigenvalue weighted by Crippen LogP contribution is 2.29. The Hall–Kier alpha value is -4.17. The van der Waals surface area contributed by atoms with Crippen molar-refractivity contribution < 1.29 is 18.7 Å². The number of ether oxygens (including phenoxy) is 2. The lowest BCUT2D eigenvalue weighted by atomic mass is 10.1. The highest BCUT2D eigenvalue weighted by molar-refractivity contribution is 5.91. The van der Waals surface area contributed by atoms with Crippen LogP contribution in [0.25, 0.3) is 11.0 Å². The number of nitrogen functional groups attached to an aromatic ring is 1. The van der Waals surface area contributed by atoms with Crippen LogP contribution in [0.4, 0.5) is 10.2 Å². The number of likely N-dealkylation sites (tertiary alicyclic amines) is 2. The van der Waals surface area contributed by atoms with Crippen LogP contribution in [0.5, 0.6) is 11.5 Å². The normalized spacial score (nSPS) is 18.1. The van der Waals surface area contributed by atoms with E-state index in [9.17, 15) is 9.18 Å². The van der Waals surface area contributed by atoms with E-state index >= 15 is 0 Å². The second kappa shape index (κ2) is 10.4. The summed E-state index contributed by atoms with van der Waals surface area (Å²) in [6, 6.07) is 5.31. The van der Waals surface area contributed by atoms with Crippen LogP contribution in [0.3, 0.4) is 0 Å². The van der Waals surface area contributed by atoms with Crippen molar-refractivity contribution in [2.24, 2.45) is 0 Å². The Balaban J connectivity index is 1.32. The fourth-order valence-electron chi connectivity index (χ4n) is 4.50. The fraction of sp³-hybridized carbons (Fsp3) is 0.385. The van der Waals surface area contributed by atoms with E-state index in [1.165, 1.54) is 6.33 Å². The third kappa shape index (κ3) is 5.20. The lowest BCUT2D eigenvalue weighted by Crippen LogP contribution is -2.50. The monoisotopic (exact) mass is 505 g/mol. The number of carbonyl (C=O) groups excluding carboxylic acids is 1. The fourth-order valence-corrected chi connectivity index (χ4v) is 4.50. The number of hydrogen-bond acceptors (Lipinski definition) is 8. The van der Waals surface area contributed by atoms with Gasteiger partial charge in [-0.05, 0) is 24.5 Å². The summed E-state index contributed by atoms with van der Waals surface area (Å²) >= 11 is 0. The van der Waals surface area contributed by atoms with E-state index in [2.05, 4.69) is 26.9 Å². The third-order valence-corrected chi connectivity index (χ3v) is 6.55. The number of nitrogens with zero attached hydrogens (tertiary/aromatic N) is 6. The van der Waals surface area contributed by atoms with Gasteiger partial charge in [0.25, 0.3) is 0 Å². The predicted molar refractivity (Wildman–Crippen MR) is 136 cm³/mol. The first kappa shape index (κ1) is 24.5. The van der Waals surface area contributed by atoms with Gasteiger partial charge in [-0.15, -0.1) is 0 Å². The average molecular weight is 506 g/mol. The zero-order chi connectivity index (χ0) is 25.9. The second-order valence-electron chi connectivity index (χ2n) is 9.05. The molecular formula is C26H28FN7O3. The Morgan fingerprint density at radius 1 is 1.16 bits per heavy atom. The molecule has 0 bridgehead atoms. The van der Waals surface area contributed by atoms with E-state index in [0.29, 0.717) is 66.4 Å². The minimum Gasteiger partial charge on any atom is -0.497 e. The molecule has 37 heavy (non-hydrogen) atoms. The minimum atomic E-state index is -0.769. The van der Waals surface area contributed by atoms with Gasteiger partial charge in [0, 0.05) is 50.4 Å². The molecule has 2 aromatic heterocycles. The maximum Gasteiger partial charge on any atom is 0.246 e. The maximum atomic E-state index is 13.3. The summed E-state index contributed by atoms with van der Waals surface area (Å²) in [5.41, 5.74) is 7.89. The van der Waals surface area contributed by atoms with Gasteiger partial charge in [0.2, 0.25) is 5.91 Å². The van der Waals surface area contributed by atoms with Crippen molar-refractivity contribution in [3.05, 3.63) is 47.9 Å². The molecule has 4 heterocycles. The number of anilines is 1. The molecule has 10 nitrogen and oxygen atoms in total. The van der Waals surface area contributed by atoms with E-state index in [1.54, 1.807) is 54.2 Å². The Morgan fingerprint density at radius 2 is 1.92 bits per heavy atom. The molecule has 0 saturated carbocycles. The maximum absolute atomic E-state index is 13.3. The van der Waals surface area contributed by atoms with Crippen molar-refractivity contribution >= 4 is 22.8 Å². The molecule has 0 spiro atoms. The van der Waals surface area contributed by atoms with Crippen LogP contribution in [-0.2, 0) is 4.79 Å². The van der Waals surface area contributed by atoms with E-state index in [4.69, 9.17) is 15.2 Å². The number of benzene rings is 1. The van der Waals surface area contributed by atoms with Gasteiger partial charge in [-0.2, -0.15) is 5.10 Å². The van der Waals surface area contributed by atoms with Gasteiger partial charge in [-0.25, -0.2) is 19.0 Å². The van der Waals surface area contributed by atoms with E-state index in [-0.39, 0.29) is 17.8 Å². The van der Waals surface area contributed by atoms with Gasteiger partial charge in [0.15, 0.2) is 5.65 Å². The molecule has 1 aromatic carbocycles. The molecule has 192 valence electrons. The number of nitrogens with two attached hydrogens (primary N) is 1. The first-order valence-corrected chi connectivity index (χ1v) is 12.0. The van der Waals surface area contributed by atoms with Gasteiger partial charge in [-0.1, -0.05) is 12.0 Å². The third-order valence-electron chi connectivity index (χ3n) is 6.55. The predicted octanol–water partition coefficient (Wildman–Crippen LogP) is 1.81. The van der Waals surface area contributed by atoms with Gasteiger partial charge in [-0.3, -0.25) is 9.69 Å². The zero-order valence-electron chi connectivity index (χ0n) is 20.7. The summed E-state index contributed by atoms with van der Waals surface area (Å²) in [5.74, 6) is 7.65. The largest absolute Gasteiger partial charge is 0.497 e. The van der Waals surface area contributed by atoms with Crippen molar-refractivity contribution in [1.82, 2.24) is 29.5 Å². The van der Waals surface area contributed by atoms with E-state index < -0.39 is 6.17 Å². The molecule has 1 amide bonds. The van der Waals surface area contributed by atoms with Gasteiger partial charge in [0.05, 0.1) is 25.6 Å². The summed E-state index contributed by atoms with van der Waals surface area (Å²) in [6.45, 7) is 2.70. The Labute approximate surface area is 213 Å². The molecule has 2 N–H and O–H groups in total. The topological polar surface area (TPSA) is 112 Å². The van der Waals surface area contributed by atoms with Crippen molar-refractivity contribution in [3.63, 3.8) is 0 Å². The van der Waals surface area contributed by atoms with Crippen molar-refractivity contribution in [2.75, 3.05) is 52.7 Å². The molecule has 2 aliphatic rings. The number of fused-ring (bicyclic) bond motifs is 1. The molecule has 1 atom stereocenters. The molecule has 11 heteroatoms. The first-order chi connectivity index (χ1) is 17.9. The number of carbonyl (C=O) groups is 1. The summed E-state index contributed by atoms with van der Waals surface area (Å²) in [5, 5.41) is 5.26. The van der Waals surface area contributed by atoms with Crippen LogP contribution in [-0.4, -0.2) is 88.6 Å². The second-order valence-corrected chi connectivity index (χ2v) is 9.05. The van der Waals surface area contributed by atoms with Crippen molar-refractivity contribution in [1.29, 1.82) is 0 Å². The highest BCUT2D eigenvalue weighted by Gasteiger charge is 2.33. The van der Waals surface area contributed by atoms with Crippen LogP contribution in [0.1, 0.15) is 23.7 Å². The summed E-state index contributed by atoms with van der Waals surface area (Å²) < 4.78 is 25.7. The molecule has 2 aliphatic heterocycles. The zero-order valence-corrected chi connectivity index (χ0v) is 20.7.